The molecule has 48 heavy (non-hydrogen) atoms. The fraction of sp³-hybridized carbons (Fsp3) is 0.294. The van der Waals surface area contributed by atoms with Crippen LogP contribution in [0.5, 0.6) is 11.5 Å². The van der Waals surface area contributed by atoms with Crippen molar-refractivity contribution in [1.29, 1.82) is 0 Å². The van der Waals surface area contributed by atoms with E-state index < -0.39 is 20.2 Å². The second kappa shape index (κ2) is 18.4. The van der Waals surface area contributed by atoms with E-state index in [1.54, 1.807) is 72.8 Å². The van der Waals surface area contributed by atoms with Crippen molar-refractivity contribution in [2.45, 2.75) is 23.6 Å². The minimum atomic E-state index is -3.85. The molecule has 0 saturated heterocycles. The molecular formula is C34H38N2O10S2. The van der Waals surface area contributed by atoms with Gasteiger partial charge in [-0.1, -0.05) is 59.7 Å². The first-order valence-electron chi connectivity index (χ1n) is 15.1. The Morgan fingerprint density at radius 2 is 0.812 bits per heavy atom. The van der Waals surface area contributed by atoms with Gasteiger partial charge in [0.25, 0.3) is 20.2 Å². The van der Waals surface area contributed by atoms with Gasteiger partial charge in [0, 0.05) is 0 Å². The largest absolute Gasteiger partial charge is 0.489 e. The summed E-state index contributed by atoms with van der Waals surface area (Å²) < 4.78 is 81.7. The lowest BCUT2D eigenvalue weighted by Crippen LogP contribution is -2.14. The SMILES string of the molecule is Cc1ccc(S(=O)(=O)OCCOCCOc2ccccc2N=Nc2ccccc2OCCOCCOS(=O)(=O)c2ccc(C)cc2)cc1. The molecule has 0 radical (unpaired) electrons. The van der Waals surface area contributed by atoms with E-state index in [1.807, 2.05) is 13.8 Å². The van der Waals surface area contributed by atoms with Crippen LogP contribution in [-0.2, 0) is 38.1 Å². The van der Waals surface area contributed by atoms with Crippen LogP contribution in [0.4, 0.5) is 11.4 Å². The number of hydrogen-bond acceptors (Lipinski definition) is 12. The predicted octanol–water partition coefficient (Wildman–Crippen LogP) is 6.32. The maximum Gasteiger partial charge on any atom is 0.297 e. The zero-order valence-electron chi connectivity index (χ0n) is 26.7. The van der Waals surface area contributed by atoms with Crippen LogP contribution in [0.25, 0.3) is 0 Å². The zero-order valence-corrected chi connectivity index (χ0v) is 28.3. The molecule has 0 atom stereocenters. The number of hydrogen-bond donors (Lipinski definition) is 0. The van der Waals surface area contributed by atoms with Crippen molar-refractivity contribution in [3.05, 3.63) is 108 Å². The van der Waals surface area contributed by atoms with Gasteiger partial charge in [-0.15, -0.1) is 10.2 Å². The molecule has 0 spiro atoms. The number of para-hydroxylation sites is 2. The molecule has 0 saturated carbocycles. The van der Waals surface area contributed by atoms with Crippen LogP contribution in [0.15, 0.2) is 117 Å². The third-order valence-electron chi connectivity index (χ3n) is 6.52. The van der Waals surface area contributed by atoms with Gasteiger partial charge in [0.1, 0.15) is 36.1 Å². The van der Waals surface area contributed by atoms with Crippen LogP contribution in [0.2, 0.25) is 0 Å². The van der Waals surface area contributed by atoms with E-state index in [9.17, 15) is 16.8 Å². The average Bonchev–Trinajstić information content (AvgIpc) is 3.07. The summed E-state index contributed by atoms with van der Waals surface area (Å²) in [5.74, 6) is 0.975. The molecule has 4 aromatic carbocycles. The minimum absolute atomic E-state index is 0.0708. The second-order valence-corrected chi connectivity index (χ2v) is 13.5. The average molecular weight is 699 g/mol. The molecule has 0 bridgehead atoms. The monoisotopic (exact) mass is 698 g/mol. The Balaban J connectivity index is 1.16. The standard InChI is InChI=1S/C34H38N2O10S2/c1-27-11-15-29(16-12-27)47(37,38)45-25-21-41-19-23-43-33-9-5-3-7-31(33)35-36-32-8-4-6-10-34(32)44-24-20-42-22-26-46-48(39,40)30-17-13-28(2)14-18-30/h3-18H,19-26H2,1-2H3. The molecule has 0 N–H and O–H groups in total. The predicted molar refractivity (Wildman–Crippen MR) is 178 cm³/mol. The summed E-state index contributed by atoms with van der Waals surface area (Å²) in [7, 11) is -7.69. The lowest BCUT2D eigenvalue weighted by Gasteiger charge is -2.10. The van der Waals surface area contributed by atoms with Crippen molar-refractivity contribution in [1.82, 2.24) is 0 Å². The zero-order chi connectivity index (χ0) is 34.2. The molecular weight excluding hydrogens is 661 g/mol. The van der Waals surface area contributed by atoms with Crippen molar-refractivity contribution < 1.29 is 44.1 Å². The number of rotatable bonds is 20. The summed E-state index contributed by atoms with van der Waals surface area (Å²) in [6.45, 7) is 4.43. The Kier molecular flexibility index (Phi) is 14.0. The molecule has 0 amide bonds. The van der Waals surface area contributed by atoms with Crippen LogP contribution in [0.1, 0.15) is 11.1 Å². The van der Waals surface area contributed by atoms with Crippen molar-refractivity contribution in [2.24, 2.45) is 10.2 Å². The first-order valence-corrected chi connectivity index (χ1v) is 17.9. The Hall–Kier alpha value is -4.18. The van der Waals surface area contributed by atoms with E-state index in [1.165, 1.54) is 24.3 Å². The van der Waals surface area contributed by atoms with E-state index in [-0.39, 0.29) is 62.6 Å². The molecule has 0 aliphatic rings. The fourth-order valence-electron chi connectivity index (χ4n) is 4.01. The Bertz CT molecular complexity index is 1700. The first-order chi connectivity index (χ1) is 23.1. The van der Waals surface area contributed by atoms with Gasteiger partial charge in [-0.05, 0) is 62.4 Å². The van der Waals surface area contributed by atoms with Gasteiger partial charge < -0.3 is 18.9 Å². The third kappa shape index (κ3) is 11.8. The van der Waals surface area contributed by atoms with E-state index in [2.05, 4.69) is 10.2 Å². The van der Waals surface area contributed by atoms with Crippen LogP contribution in [-0.4, -0.2) is 69.7 Å². The molecule has 4 aromatic rings. The van der Waals surface area contributed by atoms with Crippen LogP contribution < -0.4 is 9.47 Å². The summed E-state index contributed by atoms with van der Waals surface area (Å²) in [5, 5.41) is 8.67. The first kappa shape index (κ1) is 36.7. The highest BCUT2D eigenvalue weighted by molar-refractivity contribution is 7.87. The molecule has 0 fully saturated rings. The van der Waals surface area contributed by atoms with Crippen molar-refractivity contribution in [3.8, 4) is 11.5 Å². The molecule has 0 unspecified atom stereocenters. The molecule has 12 nitrogen and oxygen atoms in total. The lowest BCUT2D eigenvalue weighted by atomic mass is 10.2. The van der Waals surface area contributed by atoms with Gasteiger partial charge in [0.15, 0.2) is 0 Å². The van der Waals surface area contributed by atoms with E-state index in [0.717, 1.165) is 11.1 Å². The number of azo groups is 1. The number of benzene rings is 4. The molecule has 0 aliphatic carbocycles. The highest BCUT2D eigenvalue weighted by atomic mass is 32.2. The minimum Gasteiger partial charge on any atom is -0.489 e. The molecule has 0 aliphatic heterocycles. The van der Waals surface area contributed by atoms with Crippen LogP contribution in [0, 0.1) is 13.8 Å². The van der Waals surface area contributed by atoms with Crippen molar-refractivity contribution in [3.63, 3.8) is 0 Å². The second-order valence-electron chi connectivity index (χ2n) is 10.2. The highest BCUT2D eigenvalue weighted by Crippen LogP contribution is 2.32. The molecule has 4 rings (SSSR count). The number of aryl methyl sites for hydroxylation is 2. The maximum absolute atomic E-state index is 12.3. The summed E-state index contributed by atoms with van der Waals surface area (Å²) in [4.78, 5) is 0.191. The quantitative estimate of drug-likeness (QED) is 0.0583. The van der Waals surface area contributed by atoms with Gasteiger partial charge in [0.2, 0.25) is 0 Å². The normalized spacial score (nSPS) is 12.0. The summed E-state index contributed by atoms with van der Waals surface area (Å²) in [6, 6.07) is 27.1. The molecule has 0 aromatic heterocycles. The topological polar surface area (TPSA) is 148 Å². The summed E-state index contributed by atoms with van der Waals surface area (Å²) in [5.41, 5.74) is 2.88. The Morgan fingerprint density at radius 1 is 0.458 bits per heavy atom. The maximum atomic E-state index is 12.3. The smallest absolute Gasteiger partial charge is 0.297 e. The van der Waals surface area contributed by atoms with Crippen molar-refractivity contribution >= 4 is 31.6 Å². The van der Waals surface area contributed by atoms with Gasteiger partial charge >= 0.3 is 0 Å². The third-order valence-corrected chi connectivity index (χ3v) is 9.17. The van der Waals surface area contributed by atoms with E-state index >= 15 is 0 Å². The van der Waals surface area contributed by atoms with Crippen LogP contribution >= 0.6 is 0 Å². The highest BCUT2D eigenvalue weighted by Gasteiger charge is 2.15. The molecule has 0 heterocycles. The number of ether oxygens (including phenoxy) is 4. The lowest BCUT2D eigenvalue weighted by molar-refractivity contribution is 0.0779. The molecule has 14 heteroatoms. The van der Waals surface area contributed by atoms with Crippen molar-refractivity contribution in [2.75, 3.05) is 52.9 Å². The summed E-state index contributed by atoms with van der Waals surface area (Å²) >= 11 is 0. The summed E-state index contributed by atoms with van der Waals surface area (Å²) in [6.07, 6.45) is 0. The van der Waals surface area contributed by atoms with Gasteiger partial charge in [-0.3, -0.25) is 8.37 Å². The van der Waals surface area contributed by atoms with Crippen LogP contribution in [0.3, 0.4) is 0 Å². The fourth-order valence-corrected chi connectivity index (χ4v) is 5.79. The van der Waals surface area contributed by atoms with E-state index in [0.29, 0.717) is 22.9 Å². The molecule has 256 valence electrons. The van der Waals surface area contributed by atoms with Gasteiger partial charge in [0.05, 0.1) is 49.4 Å². The van der Waals surface area contributed by atoms with Gasteiger partial charge in [-0.25, -0.2) is 0 Å². The number of nitrogens with zero attached hydrogens (tertiary/aromatic N) is 2. The Morgan fingerprint density at radius 3 is 1.21 bits per heavy atom. The Labute approximate surface area is 281 Å². The van der Waals surface area contributed by atoms with Gasteiger partial charge in [-0.2, -0.15) is 16.8 Å². The van der Waals surface area contributed by atoms with E-state index in [4.69, 9.17) is 27.3 Å².